The number of nitrogens with zero attached hydrogens (tertiary/aromatic N) is 1. The molecule has 3 nitrogen and oxygen atoms in total. The van der Waals surface area contributed by atoms with Crippen LogP contribution in [-0.2, 0) is 18.1 Å². The number of aromatic nitrogens is 1. The van der Waals surface area contributed by atoms with Crippen LogP contribution in [0, 0.1) is 0 Å². The molecular formula is C21H27F3N2O. The average Bonchev–Trinajstić information content (AvgIpc) is 2.51. The third kappa shape index (κ3) is 5.22. The summed E-state index contributed by atoms with van der Waals surface area (Å²) in [4.78, 5) is 3.86. The Balaban J connectivity index is 2.70. The fraction of sp³-hybridized carbons (Fsp3) is 0.476. The van der Waals surface area contributed by atoms with Crippen LogP contribution in [0.25, 0.3) is 11.1 Å². The molecule has 0 fully saturated rings. The number of rotatable bonds is 3. The lowest BCUT2D eigenvalue weighted by molar-refractivity contribution is -0.137. The minimum atomic E-state index is -4.54. The van der Waals surface area contributed by atoms with E-state index in [0.29, 0.717) is 12.1 Å². The van der Waals surface area contributed by atoms with Gasteiger partial charge in [-0.15, -0.1) is 0 Å². The molecule has 27 heavy (non-hydrogen) atoms. The van der Waals surface area contributed by atoms with Crippen molar-refractivity contribution in [2.45, 2.75) is 65.2 Å². The Hall–Kier alpha value is -2.08. The van der Waals surface area contributed by atoms with Crippen LogP contribution in [0.4, 0.5) is 13.2 Å². The van der Waals surface area contributed by atoms with Gasteiger partial charge in [-0.3, -0.25) is 4.98 Å². The SMILES string of the molecule is CC(C)(C)NCc1cc(C(C)(C)C)cc(-c2cnccc2C(F)(F)F)c1O. The fourth-order valence-electron chi connectivity index (χ4n) is 2.68. The standard InChI is InChI=1S/C21H27F3N2O/c1-19(2,3)14-9-13(11-26-20(4,5)6)18(27)15(10-14)16-12-25-8-7-17(16)21(22,23)24/h7-10,12,26-27H,11H2,1-6H3. The highest BCUT2D eigenvalue weighted by Gasteiger charge is 2.35. The highest BCUT2D eigenvalue weighted by molar-refractivity contribution is 5.75. The lowest BCUT2D eigenvalue weighted by Crippen LogP contribution is -2.35. The van der Waals surface area contributed by atoms with Crippen molar-refractivity contribution in [1.82, 2.24) is 10.3 Å². The van der Waals surface area contributed by atoms with Crippen molar-refractivity contribution in [3.63, 3.8) is 0 Å². The van der Waals surface area contributed by atoms with Gasteiger partial charge in [0.1, 0.15) is 5.75 Å². The van der Waals surface area contributed by atoms with Crippen molar-refractivity contribution in [3.8, 4) is 16.9 Å². The monoisotopic (exact) mass is 380 g/mol. The summed E-state index contributed by atoms with van der Waals surface area (Å²) in [5, 5.41) is 14.1. The molecule has 0 aliphatic rings. The van der Waals surface area contributed by atoms with E-state index in [2.05, 4.69) is 10.3 Å². The van der Waals surface area contributed by atoms with E-state index in [0.717, 1.165) is 24.0 Å². The van der Waals surface area contributed by atoms with Crippen LogP contribution in [0.15, 0.2) is 30.6 Å². The van der Waals surface area contributed by atoms with Gasteiger partial charge in [0.05, 0.1) is 5.56 Å². The second-order valence-corrected chi connectivity index (χ2v) is 8.80. The molecule has 0 spiro atoms. The van der Waals surface area contributed by atoms with Gasteiger partial charge in [0.2, 0.25) is 0 Å². The van der Waals surface area contributed by atoms with E-state index in [1.54, 1.807) is 6.07 Å². The topological polar surface area (TPSA) is 45.2 Å². The molecule has 1 aromatic heterocycles. The Morgan fingerprint density at radius 2 is 1.63 bits per heavy atom. The van der Waals surface area contributed by atoms with Gasteiger partial charge in [-0.05, 0) is 43.9 Å². The van der Waals surface area contributed by atoms with Gasteiger partial charge in [0, 0.05) is 41.2 Å². The summed E-state index contributed by atoms with van der Waals surface area (Å²) in [6, 6.07) is 4.41. The lowest BCUT2D eigenvalue weighted by Gasteiger charge is -2.25. The van der Waals surface area contributed by atoms with Gasteiger partial charge in [0.25, 0.3) is 0 Å². The fourth-order valence-corrected chi connectivity index (χ4v) is 2.68. The number of alkyl halides is 3. The Labute approximate surface area is 158 Å². The predicted octanol–water partition coefficient (Wildman–Crippen LogP) is 5.66. The number of halogens is 3. The predicted molar refractivity (Wildman–Crippen MR) is 102 cm³/mol. The van der Waals surface area contributed by atoms with Crippen LogP contribution >= 0.6 is 0 Å². The largest absolute Gasteiger partial charge is 0.507 e. The van der Waals surface area contributed by atoms with E-state index in [-0.39, 0.29) is 27.8 Å². The molecule has 0 atom stereocenters. The van der Waals surface area contributed by atoms with Crippen LogP contribution in [0.5, 0.6) is 5.75 Å². The molecule has 2 N–H and O–H groups in total. The number of hydrogen-bond acceptors (Lipinski definition) is 3. The zero-order valence-electron chi connectivity index (χ0n) is 16.6. The quantitative estimate of drug-likeness (QED) is 0.722. The highest BCUT2D eigenvalue weighted by Crippen LogP contribution is 2.42. The third-order valence-electron chi connectivity index (χ3n) is 4.28. The van der Waals surface area contributed by atoms with Gasteiger partial charge in [-0.25, -0.2) is 0 Å². The molecule has 0 bridgehead atoms. The van der Waals surface area contributed by atoms with Gasteiger partial charge in [0.15, 0.2) is 0 Å². The average molecular weight is 380 g/mol. The zero-order valence-corrected chi connectivity index (χ0v) is 16.6. The van der Waals surface area contributed by atoms with Gasteiger partial charge < -0.3 is 10.4 Å². The molecule has 1 heterocycles. The van der Waals surface area contributed by atoms with Crippen LogP contribution < -0.4 is 5.32 Å². The van der Waals surface area contributed by atoms with E-state index in [4.69, 9.17) is 0 Å². The number of hydrogen-bond donors (Lipinski definition) is 2. The molecule has 0 saturated carbocycles. The molecule has 0 aliphatic carbocycles. The Kier molecular flexibility index (Phi) is 5.62. The van der Waals surface area contributed by atoms with Crippen molar-refractivity contribution >= 4 is 0 Å². The van der Waals surface area contributed by atoms with E-state index in [1.165, 1.54) is 0 Å². The summed E-state index contributed by atoms with van der Waals surface area (Å²) >= 11 is 0. The maximum Gasteiger partial charge on any atom is 0.417 e. The number of phenols is 1. The molecule has 148 valence electrons. The normalized spacial score (nSPS) is 13.1. The second-order valence-electron chi connectivity index (χ2n) is 8.80. The molecule has 2 aromatic rings. The number of pyridine rings is 1. The zero-order chi connectivity index (χ0) is 20.6. The van der Waals surface area contributed by atoms with Crippen LogP contribution in [0.1, 0.15) is 58.2 Å². The van der Waals surface area contributed by atoms with Crippen molar-refractivity contribution < 1.29 is 18.3 Å². The van der Waals surface area contributed by atoms with E-state index in [1.807, 2.05) is 47.6 Å². The van der Waals surface area contributed by atoms with Crippen LogP contribution in [0.2, 0.25) is 0 Å². The summed E-state index contributed by atoms with van der Waals surface area (Å²) in [5.41, 5.74) is 0.130. The summed E-state index contributed by atoms with van der Waals surface area (Å²) in [6.07, 6.45) is -2.27. The van der Waals surface area contributed by atoms with Crippen LogP contribution in [0.3, 0.4) is 0 Å². The number of phenolic OH excluding ortho intramolecular Hbond substituents is 1. The Morgan fingerprint density at radius 1 is 1.00 bits per heavy atom. The first kappa shape index (κ1) is 21.2. The summed E-state index contributed by atoms with van der Waals surface area (Å²) in [5.74, 6) is -0.154. The van der Waals surface area contributed by atoms with Crippen molar-refractivity contribution in [2.75, 3.05) is 0 Å². The minimum Gasteiger partial charge on any atom is -0.507 e. The van der Waals surface area contributed by atoms with E-state index in [9.17, 15) is 18.3 Å². The van der Waals surface area contributed by atoms with Gasteiger partial charge in [-0.2, -0.15) is 13.2 Å². The minimum absolute atomic E-state index is 0.120. The number of benzene rings is 1. The third-order valence-corrected chi connectivity index (χ3v) is 4.28. The first-order valence-corrected chi connectivity index (χ1v) is 8.83. The molecule has 0 unspecified atom stereocenters. The van der Waals surface area contributed by atoms with E-state index < -0.39 is 11.7 Å². The van der Waals surface area contributed by atoms with Crippen molar-refractivity contribution in [1.29, 1.82) is 0 Å². The van der Waals surface area contributed by atoms with Crippen molar-refractivity contribution in [3.05, 3.63) is 47.3 Å². The Morgan fingerprint density at radius 3 is 2.15 bits per heavy atom. The number of aromatic hydroxyl groups is 1. The molecule has 0 aliphatic heterocycles. The maximum absolute atomic E-state index is 13.5. The molecule has 0 radical (unpaired) electrons. The summed E-state index contributed by atoms with van der Waals surface area (Å²) < 4.78 is 40.5. The van der Waals surface area contributed by atoms with Gasteiger partial charge >= 0.3 is 6.18 Å². The molecular weight excluding hydrogens is 353 g/mol. The highest BCUT2D eigenvalue weighted by atomic mass is 19.4. The molecule has 6 heteroatoms. The molecule has 1 aromatic carbocycles. The lowest BCUT2D eigenvalue weighted by atomic mass is 9.83. The van der Waals surface area contributed by atoms with E-state index >= 15 is 0 Å². The van der Waals surface area contributed by atoms with Crippen molar-refractivity contribution in [2.24, 2.45) is 0 Å². The second kappa shape index (κ2) is 7.15. The first-order chi connectivity index (χ1) is 12.2. The molecule has 0 amide bonds. The molecule has 2 rings (SSSR count). The first-order valence-electron chi connectivity index (χ1n) is 8.83. The Bertz CT molecular complexity index is 816. The summed E-state index contributed by atoms with van der Waals surface area (Å²) in [6.45, 7) is 12.3. The van der Waals surface area contributed by atoms with Crippen LogP contribution in [-0.4, -0.2) is 15.6 Å². The smallest absolute Gasteiger partial charge is 0.417 e. The molecule has 0 saturated heterocycles. The summed E-state index contributed by atoms with van der Waals surface area (Å²) in [7, 11) is 0. The van der Waals surface area contributed by atoms with Gasteiger partial charge in [-0.1, -0.05) is 26.8 Å². The maximum atomic E-state index is 13.5. The number of nitrogens with one attached hydrogen (secondary N) is 1.